The second-order valence-corrected chi connectivity index (χ2v) is 6.38. The van der Waals surface area contributed by atoms with Crippen LogP contribution in [0.25, 0.3) is 0 Å². The molecule has 1 amide bonds. The molecule has 0 bridgehead atoms. The summed E-state index contributed by atoms with van der Waals surface area (Å²) >= 11 is 11.9. The maximum atomic E-state index is 12.2. The lowest BCUT2D eigenvalue weighted by Crippen LogP contribution is -2.48. The van der Waals surface area contributed by atoms with Gasteiger partial charge in [-0.2, -0.15) is 0 Å². The first kappa shape index (κ1) is 16.4. The Bertz CT molecular complexity index is 514. The molecule has 1 fully saturated rings. The van der Waals surface area contributed by atoms with Gasteiger partial charge in [0.05, 0.1) is 11.1 Å². The monoisotopic (exact) mass is 331 g/mol. The number of halogens is 2. The summed E-state index contributed by atoms with van der Waals surface area (Å²) in [4.78, 5) is 12.2. The van der Waals surface area contributed by atoms with Gasteiger partial charge in [-0.1, -0.05) is 23.2 Å². The van der Waals surface area contributed by atoms with E-state index < -0.39 is 5.60 Å². The molecular weight excluding hydrogens is 313 g/mol. The number of rotatable bonds is 5. The van der Waals surface area contributed by atoms with E-state index in [0.717, 1.165) is 19.4 Å². The molecule has 21 heavy (non-hydrogen) atoms. The van der Waals surface area contributed by atoms with Crippen LogP contribution < -0.4 is 10.1 Å². The van der Waals surface area contributed by atoms with Gasteiger partial charge in [-0.25, -0.2) is 0 Å². The second-order valence-electron chi connectivity index (χ2n) is 5.53. The van der Waals surface area contributed by atoms with E-state index in [-0.39, 0.29) is 12.0 Å². The molecule has 1 N–H and O–H groups in total. The zero-order chi connectivity index (χ0) is 15.5. The molecule has 1 heterocycles. The number of hydrogen-bond donors (Lipinski definition) is 1. The van der Waals surface area contributed by atoms with E-state index in [1.165, 1.54) is 0 Å². The van der Waals surface area contributed by atoms with Gasteiger partial charge in [0.1, 0.15) is 5.75 Å². The van der Waals surface area contributed by atoms with Gasteiger partial charge >= 0.3 is 0 Å². The summed E-state index contributed by atoms with van der Waals surface area (Å²) in [5.41, 5.74) is -1.03. The summed E-state index contributed by atoms with van der Waals surface area (Å²) in [7, 11) is 0. The molecule has 0 saturated carbocycles. The number of hydrogen-bond acceptors (Lipinski definition) is 3. The van der Waals surface area contributed by atoms with Crippen molar-refractivity contribution in [1.29, 1.82) is 0 Å². The largest absolute Gasteiger partial charge is 0.476 e. The van der Waals surface area contributed by atoms with Crippen LogP contribution in [-0.4, -0.2) is 30.8 Å². The highest BCUT2D eigenvalue weighted by Gasteiger charge is 2.31. The lowest BCUT2D eigenvalue weighted by Gasteiger charge is -2.26. The highest BCUT2D eigenvalue weighted by molar-refractivity contribution is 6.35. The van der Waals surface area contributed by atoms with Crippen LogP contribution in [0, 0.1) is 0 Å². The minimum Gasteiger partial charge on any atom is -0.476 e. The molecule has 2 rings (SSSR count). The molecule has 1 unspecified atom stereocenters. The van der Waals surface area contributed by atoms with Crippen LogP contribution in [0.2, 0.25) is 10.0 Å². The minimum absolute atomic E-state index is 0.101. The summed E-state index contributed by atoms with van der Waals surface area (Å²) < 4.78 is 11.2. The van der Waals surface area contributed by atoms with Gasteiger partial charge in [-0.15, -0.1) is 0 Å². The smallest absolute Gasteiger partial charge is 0.263 e. The van der Waals surface area contributed by atoms with Crippen LogP contribution in [0.5, 0.6) is 5.75 Å². The van der Waals surface area contributed by atoms with Crippen molar-refractivity contribution in [2.75, 3.05) is 13.2 Å². The molecule has 1 atom stereocenters. The summed E-state index contributed by atoms with van der Waals surface area (Å²) in [6, 6.07) is 4.90. The van der Waals surface area contributed by atoms with Crippen molar-refractivity contribution in [2.45, 2.75) is 38.4 Å². The third kappa shape index (κ3) is 4.50. The quantitative estimate of drug-likeness (QED) is 0.898. The lowest BCUT2D eigenvalue weighted by molar-refractivity contribution is -0.134. The Hall–Kier alpha value is -0.970. The van der Waals surface area contributed by atoms with Crippen molar-refractivity contribution in [3.05, 3.63) is 28.2 Å². The standard InChI is InChI=1S/C15H19Cl2NO3/c1-15(2,14(19)18-9-11-4-3-7-20-11)21-13-6-5-10(16)8-12(13)17/h5-6,8,11H,3-4,7,9H2,1-2H3,(H,18,19). The molecule has 6 heteroatoms. The van der Waals surface area contributed by atoms with E-state index in [2.05, 4.69) is 5.32 Å². The summed E-state index contributed by atoms with van der Waals surface area (Å²) in [5.74, 6) is 0.224. The first-order valence-electron chi connectivity index (χ1n) is 6.92. The number of carbonyl (C=O) groups excluding carboxylic acids is 1. The van der Waals surface area contributed by atoms with Crippen LogP contribution >= 0.6 is 23.2 Å². The number of nitrogens with one attached hydrogen (secondary N) is 1. The lowest BCUT2D eigenvalue weighted by atomic mass is 10.1. The first-order chi connectivity index (χ1) is 9.88. The van der Waals surface area contributed by atoms with E-state index in [1.54, 1.807) is 32.0 Å². The molecule has 116 valence electrons. The molecular formula is C15H19Cl2NO3. The average Bonchev–Trinajstić information content (AvgIpc) is 2.92. The predicted octanol–water partition coefficient (Wildman–Crippen LogP) is 3.45. The zero-order valence-corrected chi connectivity index (χ0v) is 13.6. The Kier molecular flexibility index (Phi) is 5.36. The van der Waals surface area contributed by atoms with Crippen molar-refractivity contribution in [2.24, 2.45) is 0 Å². The zero-order valence-electron chi connectivity index (χ0n) is 12.1. The Morgan fingerprint density at radius 1 is 1.48 bits per heavy atom. The summed E-state index contributed by atoms with van der Waals surface area (Å²) in [5, 5.41) is 3.76. The number of carbonyl (C=O) groups is 1. The van der Waals surface area contributed by atoms with Crippen molar-refractivity contribution >= 4 is 29.1 Å². The summed E-state index contributed by atoms with van der Waals surface area (Å²) in [6.45, 7) is 4.66. The van der Waals surface area contributed by atoms with Gasteiger partial charge in [-0.05, 0) is 44.9 Å². The fourth-order valence-corrected chi connectivity index (χ4v) is 2.55. The third-order valence-corrected chi connectivity index (χ3v) is 3.85. The molecule has 1 aromatic rings. The predicted molar refractivity (Wildman–Crippen MR) is 83.2 cm³/mol. The number of benzene rings is 1. The van der Waals surface area contributed by atoms with Crippen LogP contribution in [0.4, 0.5) is 0 Å². The minimum atomic E-state index is -1.03. The molecule has 1 saturated heterocycles. The van der Waals surface area contributed by atoms with Gasteiger partial charge < -0.3 is 14.8 Å². The van der Waals surface area contributed by atoms with Crippen molar-refractivity contribution in [3.8, 4) is 5.75 Å². The van der Waals surface area contributed by atoms with Gasteiger partial charge in [0, 0.05) is 18.2 Å². The Morgan fingerprint density at radius 2 is 2.24 bits per heavy atom. The number of amides is 1. The Balaban J connectivity index is 1.94. The molecule has 0 spiro atoms. The van der Waals surface area contributed by atoms with Crippen LogP contribution in [-0.2, 0) is 9.53 Å². The van der Waals surface area contributed by atoms with Crippen molar-refractivity contribution in [1.82, 2.24) is 5.32 Å². The van der Waals surface area contributed by atoms with Crippen LogP contribution in [0.1, 0.15) is 26.7 Å². The topological polar surface area (TPSA) is 47.6 Å². The maximum absolute atomic E-state index is 12.2. The van der Waals surface area contributed by atoms with Crippen molar-refractivity contribution in [3.63, 3.8) is 0 Å². The summed E-state index contributed by atoms with van der Waals surface area (Å²) in [6.07, 6.45) is 2.12. The van der Waals surface area contributed by atoms with E-state index in [0.29, 0.717) is 22.3 Å². The van der Waals surface area contributed by atoms with Crippen LogP contribution in [0.15, 0.2) is 18.2 Å². The second kappa shape index (κ2) is 6.86. The molecule has 0 radical (unpaired) electrons. The number of ether oxygens (including phenoxy) is 2. The Labute approximate surface area is 134 Å². The van der Waals surface area contributed by atoms with Gasteiger partial charge in [-0.3, -0.25) is 4.79 Å². The normalized spacial score (nSPS) is 18.6. The third-order valence-electron chi connectivity index (χ3n) is 3.32. The molecule has 4 nitrogen and oxygen atoms in total. The fraction of sp³-hybridized carbons (Fsp3) is 0.533. The van der Waals surface area contributed by atoms with Gasteiger partial charge in [0.2, 0.25) is 0 Å². The maximum Gasteiger partial charge on any atom is 0.263 e. The highest BCUT2D eigenvalue weighted by atomic mass is 35.5. The first-order valence-corrected chi connectivity index (χ1v) is 7.68. The average molecular weight is 332 g/mol. The Morgan fingerprint density at radius 3 is 2.86 bits per heavy atom. The van der Waals surface area contributed by atoms with Crippen molar-refractivity contribution < 1.29 is 14.3 Å². The van der Waals surface area contributed by atoms with Crippen LogP contribution in [0.3, 0.4) is 0 Å². The SMILES string of the molecule is CC(C)(Oc1ccc(Cl)cc1Cl)C(=O)NCC1CCCO1. The highest BCUT2D eigenvalue weighted by Crippen LogP contribution is 2.30. The van der Waals surface area contributed by atoms with Gasteiger partial charge in [0.25, 0.3) is 5.91 Å². The molecule has 1 aromatic carbocycles. The van der Waals surface area contributed by atoms with Gasteiger partial charge in [0.15, 0.2) is 5.60 Å². The molecule has 0 aliphatic carbocycles. The van der Waals surface area contributed by atoms with E-state index in [9.17, 15) is 4.79 Å². The fourth-order valence-electron chi connectivity index (χ4n) is 2.10. The van der Waals surface area contributed by atoms with E-state index >= 15 is 0 Å². The van der Waals surface area contributed by atoms with E-state index in [1.807, 2.05) is 0 Å². The molecule has 1 aliphatic rings. The molecule has 0 aromatic heterocycles. The van der Waals surface area contributed by atoms with E-state index in [4.69, 9.17) is 32.7 Å². The molecule has 1 aliphatic heterocycles.